The number of hydrogen-bond acceptors (Lipinski definition) is 4. The van der Waals surface area contributed by atoms with Gasteiger partial charge in [0, 0.05) is 19.1 Å². The number of aromatic nitrogens is 3. The lowest BCUT2D eigenvalue weighted by molar-refractivity contribution is -0.0419. The van der Waals surface area contributed by atoms with Crippen molar-refractivity contribution in [2.75, 3.05) is 19.7 Å². The highest BCUT2D eigenvalue weighted by Gasteiger charge is 2.30. The normalized spacial score (nSPS) is 19.9. The van der Waals surface area contributed by atoms with Crippen LogP contribution in [0.4, 0.5) is 8.78 Å². The minimum absolute atomic E-state index is 0.134. The van der Waals surface area contributed by atoms with E-state index in [9.17, 15) is 8.78 Å². The quantitative estimate of drug-likeness (QED) is 0.551. The van der Waals surface area contributed by atoms with Gasteiger partial charge in [0.25, 0.3) is 0 Å². The second kappa shape index (κ2) is 8.02. The largest absolute Gasteiger partial charge is 0.371 e. The van der Waals surface area contributed by atoms with Crippen molar-refractivity contribution >= 4 is 12.2 Å². The standard InChI is InChI=1S/C22H22F2N4OS/c23-16-7-5-15(6-8-16)20-13-26(11-12-29-20)14-27-22(30)28(17-9-10-17)21(25-27)18-3-1-2-4-19(18)24/h1-8,17,20H,9-14H2. The van der Waals surface area contributed by atoms with Gasteiger partial charge in [0.2, 0.25) is 0 Å². The summed E-state index contributed by atoms with van der Waals surface area (Å²) < 4.78 is 38.0. The molecule has 2 aliphatic rings. The van der Waals surface area contributed by atoms with Gasteiger partial charge in [-0.05, 0) is 54.9 Å². The van der Waals surface area contributed by atoms with E-state index < -0.39 is 0 Å². The molecule has 1 aliphatic heterocycles. The summed E-state index contributed by atoms with van der Waals surface area (Å²) in [7, 11) is 0. The SMILES string of the molecule is Fc1ccc(C2CN(Cn3nc(-c4ccccc4F)n(C4CC4)c3=S)CCO2)cc1. The average molecular weight is 429 g/mol. The molecule has 2 aromatic carbocycles. The van der Waals surface area contributed by atoms with E-state index in [-0.39, 0.29) is 23.8 Å². The molecule has 2 heterocycles. The van der Waals surface area contributed by atoms with Crippen LogP contribution in [0.1, 0.15) is 30.6 Å². The molecule has 156 valence electrons. The van der Waals surface area contributed by atoms with E-state index in [1.54, 1.807) is 28.9 Å². The molecule has 1 aromatic heterocycles. The van der Waals surface area contributed by atoms with E-state index in [0.717, 1.165) is 24.9 Å². The van der Waals surface area contributed by atoms with Crippen molar-refractivity contribution in [1.29, 1.82) is 0 Å². The van der Waals surface area contributed by atoms with E-state index in [1.807, 2.05) is 10.6 Å². The Morgan fingerprint density at radius 2 is 1.83 bits per heavy atom. The van der Waals surface area contributed by atoms with Crippen LogP contribution in [0.2, 0.25) is 0 Å². The van der Waals surface area contributed by atoms with Crippen LogP contribution in [0, 0.1) is 16.4 Å². The van der Waals surface area contributed by atoms with E-state index >= 15 is 0 Å². The molecule has 30 heavy (non-hydrogen) atoms. The average Bonchev–Trinajstić information content (AvgIpc) is 3.54. The number of rotatable bonds is 5. The highest BCUT2D eigenvalue weighted by Crippen LogP contribution is 2.39. The number of benzene rings is 2. The molecule has 0 bridgehead atoms. The van der Waals surface area contributed by atoms with E-state index in [1.165, 1.54) is 18.2 Å². The van der Waals surface area contributed by atoms with Crippen molar-refractivity contribution < 1.29 is 13.5 Å². The zero-order chi connectivity index (χ0) is 20.7. The van der Waals surface area contributed by atoms with Gasteiger partial charge in [0.15, 0.2) is 10.6 Å². The van der Waals surface area contributed by atoms with Crippen LogP contribution in [0.5, 0.6) is 0 Å². The molecule has 5 rings (SSSR count). The number of ether oxygens (including phenoxy) is 1. The Kier molecular flexibility index (Phi) is 5.22. The lowest BCUT2D eigenvalue weighted by Crippen LogP contribution is -2.39. The zero-order valence-electron chi connectivity index (χ0n) is 16.4. The molecule has 0 spiro atoms. The molecule has 1 atom stereocenters. The van der Waals surface area contributed by atoms with Gasteiger partial charge in [-0.25, -0.2) is 13.5 Å². The fourth-order valence-corrected chi connectivity index (χ4v) is 4.23. The van der Waals surface area contributed by atoms with Crippen molar-refractivity contribution in [1.82, 2.24) is 19.2 Å². The summed E-state index contributed by atoms with van der Waals surface area (Å²) in [6.07, 6.45) is 1.93. The molecule has 0 N–H and O–H groups in total. The molecular weight excluding hydrogens is 406 g/mol. The number of morpholine rings is 1. The number of hydrogen-bond donors (Lipinski definition) is 0. The Balaban J connectivity index is 1.41. The second-order valence-corrected chi connectivity index (χ2v) is 8.18. The van der Waals surface area contributed by atoms with E-state index in [2.05, 4.69) is 4.90 Å². The third kappa shape index (κ3) is 3.82. The maximum Gasteiger partial charge on any atom is 0.199 e. The monoisotopic (exact) mass is 428 g/mol. The lowest BCUT2D eigenvalue weighted by Gasteiger charge is -2.32. The number of halogens is 2. The Bertz CT molecular complexity index is 1110. The molecule has 1 saturated heterocycles. The van der Waals surface area contributed by atoms with Crippen molar-refractivity contribution in [2.45, 2.75) is 31.7 Å². The third-order valence-corrected chi connectivity index (χ3v) is 6.03. The molecule has 1 unspecified atom stereocenters. The Morgan fingerprint density at radius 3 is 2.57 bits per heavy atom. The Labute approximate surface area is 178 Å². The molecule has 1 saturated carbocycles. The summed E-state index contributed by atoms with van der Waals surface area (Å²) in [5.74, 6) is 0.0299. The van der Waals surface area contributed by atoms with Gasteiger partial charge < -0.3 is 4.74 Å². The second-order valence-electron chi connectivity index (χ2n) is 7.82. The van der Waals surface area contributed by atoms with Crippen LogP contribution in [0.3, 0.4) is 0 Å². The molecule has 8 heteroatoms. The first-order chi connectivity index (χ1) is 14.6. The van der Waals surface area contributed by atoms with Crippen LogP contribution >= 0.6 is 12.2 Å². The summed E-state index contributed by atoms with van der Waals surface area (Å²) in [5, 5.41) is 4.71. The third-order valence-electron chi connectivity index (χ3n) is 5.62. The van der Waals surface area contributed by atoms with Crippen LogP contribution < -0.4 is 0 Å². The molecule has 2 fully saturated rings. The minimum Gasteiger partial charge on any atom is -0.371 e. The fraction of sp³-hybridized carbons (Fsp3) is 0.364. The smallest absolute Gasteiger partial charge is 0.199 e. The van der Waals surface area contributed by atoms with Gasteiger partial charge in [-0.3, -0.25) is 9.47 Å². The van der Waals surface area contributed by atoms with Gasteiger partial charge >= 0.3 is 0 Å². The fourth-order valence-electron chi connectivity index (χ4n) is 3.90. The summed E-state index contributed by atoms with van der Waals surface area (Å²) in [6.45, 7) is 2.46. The lowest BCUT2D eigenvalue weighted by atomic mass is 10.1. The van der Waals surface area contributed by atoms with Crippen molar-refractivity contribution in [3.8, 4) is 11.4 Å². The first-order valence-corrected chi connectivity index (χ1v) is 10.5. The van der Waals surface area contributed by atoms with Gasteiger partial charge in [-0.1, -0.05) is 24.3 Å². The van der Waals surface area contributed by atoms with Crippen molar-refractivity contribution in [3.63, 3.8) is 0 Å². The van der Waals surface area contributed by atoms with Crippen LogP contribution in [0.25, 0.3) is 11.4 Å². The molecule has 3 aromatic rings. The molecule has 0 radical (unpaired) electrons. The highest BCUT2D eigenvalue weighted by molar-refractivity contribution is 7.71. The summed E-state index contributed by atoms with van der Waals surface area (Å²) in [4.78, 5) is 2.21. The Hall–Kier alpha value is -2.42. The topological polar surface area (TPSA) is 35.2 Å². The summed E-state index contributed by atoms with van der Waals surface area (Å²) in [6, 6.07) is 13.4. The van der Waals surface area contributed by atoms with Gasteiger partial charge in [0.05, 0.1) is 24.9 Å². The van der Waals surface area contributed by atoms with Gasteiger partial charge in [0.1, 0.15) is 11.6 Å². The van der Waals surface area contributed by atoms with Gasteiger partial charge in [-0.15, -0.1) is 0 Å². The van der Waals surface area contributed by atoms with Crippen LogP contribution in [-0.2, 0) is 11.4 Å². The van der Waals surface area contributed by atoms with E-state index in [0.29, 0.717) is 36.0 Å². The minimum atomic E-state index is -0.297. The Morgan fingerprint density at radius 1 is 1.07 bits per heavy atom. The first kappa shape index (κ1) is 19.5. The summed E-state index contributed by atoms with van der Waals surface area (Å²) >= 11 is 5.72. The van der Waals surface area contributed by atoms with Crippen LogP contribution in [-0.4, -0.2) is 38.9 Å². The molecular formula is C22H22F2N4OS. The highest BCUT2D eigenvalue weighted by atomic mass is 32.1. The number of nitrogens with zero attached hydrogens (tertiary/aromatic N) is 4. The van der Waals surface area contributed by atoms with Crippen molar-refractivity contribution in [2.24, 2.45) is 0 Å². The van der Waals surface area contributed by atoms with Crippen LogP contribution in [0.15, 0.2) is 48.5 Å². The molecule has 5 nitrogen and oxygen atoms in total. The molecule has 0 amide bonds. The van der Waals surface area contributed by atoms with Gasteiger partial charge in [-0.2, -0.15) is 5.10 Å². The maximum absolute atomic E-state index is 14.5. The van der Waals surface area contributed by atoms with Crippen molar-refractivity contribution in [3.05, 3.63) is 70.5 Å². The maximum atomic E-state index is 14.5. The first-order valence-electron chi connectivity index (χ1n) is 10.1. The zero-order valence-corrected chi connectivity index (χ0v) is 17.2. The molecule has 1 aliphatic carbocycles. The summed E-state index contributed by atoms with van der Waals surface area (Å²) in [5.41, 5.74) is 1.42. The van der Waals surface area contributed by atoms with E-state index in [4.69, 9.17) is 22.1 Å². The predicted molar refractivity (Wildman–Crippen MR) is 111 cm³/mol. The predicted octanol–water partition coefficient (Wildman–Crippen LogP) is 4.73.